The van der Waals surface area contributed by atoms with Crippen molar-refractivity contribution >= 4 is 5.91 Å². The van der Waals surface area contributed by atoms with Crippen LogP contribution in [-0.4, -0.2) is 47.4 Å². The van der Waals surface area contributed by atoms with E-state index in [-0.39, 0.29) is 11.4 Å². The summed E-state index contributed by atoms with van der Waals surface area (Å²) in [5, 5.41) is 9.45. The first-order chi connectivity index (χ1) is 10.2. The van der Waals surface area contributed by atoms with Crippen LogP contribution in [0.2, 0.25) is 0 Å². The highest BCUT2D eigenvalue weighted by atomic mass is 16.2. The van der Waals surface area contributed by atoms with Gasteiger partial charge in [0.25, 0.3) is 5.91 Å². The van der Waals surface area contributed by atoms with E-state index in [9.17, 15) is 10.1 Å². The van der Waals surface area contributed by atoms with Gasteiger partial charge in [-0.15, -0.1) is 0 Å². The molecule has 122 valence electrons. The van der Waals surface area contributed by atoms with Crippen LogP contribution in [0.15, 0.2) is 11.6 Å². The summed E-state index contributed by atoms with van der Waals surface area (Å²) < 4.78 is 0. The van der Waals surface area contributed by atoms with Gasteiger partial charge in [-0.05, 0) is 57.6 Å². The van der Waals surface area contributed by atoms with Gasteiger partial charge in [0.2, 0.25) is 0 Å². The highest BCUT2D eigenvalue weighted by Crippen LogP contribution is 2.34. The Morgan fingerprint density at radius 2 is 1.82 bits per heavy atom. The zero-order valence-electron chi connectivity index (χ0n) is 14.5. The zero-order valence-corrected chi connectivity index (χ0v) is 14.5. The van der Waals surface area contributed by atoms with Crippen molar-refractivity contribution in [3.05, 3.63) is 11.6 Å². The lowest BCUT2D eigenvalue weighted by Gasteiger charge is -2.34. The lowest BCUT2D eigenvalue weighted by atomic mass is 9.92. The van der Waals surface area contributed by atoms with Gasteiger partial charge in [0.1, 0.15) is 11.6 Å². The SMILES string of the molecule is CC1(C)CCN(C(C)(C)C=C(C#N)C(=O)N2CCCCC2)C1. The molecule has 4 heteroatoms. The Morgan fingerprint density at radius 3 is 2.32 bits per heavy atom. The molecule has 2 aliphatic heterocycles. The molecule has 0 aromatic carbocycles. The number of hydrogen-bond donors (Lipinski definition) is 0. The number of piperidine rings is 1. The van der Waals surface area contributed by atoms with Crippen molar-refractivity contribution in [3.8, 4) is 6.07 Å². The molecular weight excluding hydrogens is 274 g/mol. The minimum absolute atomic E-state index is 0.0891. The summed E-state index contributed by atoms with van der Waals surface area (Å²) >= 11 is 0. The van der Waals surface area contributed by atoms with Gasteiger partial charge >= 0.3 is 0 Å². The van der Waals surface area contributed by atoms with Crippen LogP contribution >= 0.6 is 0 Å². The standard InChI is InChI=1S/C18H29N3O/c1-17(2)8-11-21(14-17)18(3,4)12-15(13-19)16(22)20-9-6-5-7-10-20/h12H,5-11,14H2,1-4H3. The molecule has 0 N–H and O–H groups in total. The molecule has 0 aromatic rings. The molecule has 22 heavy (non-hydrogen) atoms. The fraction of sp³-hybridized carbons (Fsp3) is 0.778. The highest BCUT2D eigenvalue weighted by Gasteiger charge is 2.37. The second-order valence-electron chi connectivity index (χ2n) is 8.01. The van der Waals surface area contributed by atoms with E-state index in [4.69, 9.17) is 0 Å². The minimum Gasteiger partial charge on any atom is -0.338 e. The molecule has 0 aromatic heterocycles. The first-order valence-electron chi connectivity index (χ1n) is 8.42. The number of hydrogen-bond acceptors (Lipinski definition) is 3. The maximum Gasteiger partial charge on any atom is 0.264 e. The van der Waals surface area contributed by atoms with E-state index in [1.807, 2.05) is 11.0 Å². The Morgan fingerprint density at radius 1 is 1.18 bits per heavy atom. The molecule has 0 bridgehead atoms. The molecule has 2 fully saturated rings. The number of nitrogens with zero attached hydrogens (tertiary/aromatic N) is 3. The normalized spacial score (nSPS) is 23.4. The van der Waals surface area contributed by atoms with Gasteiger partial charge in [-0.1, -0.05) is 13.8 Å². The predicted molar refractivity (Wildman–Crippen MR) is 88.2 cm³/mol. The van der Waals surface area contributed by atoms with Gasteiger partial charge in [0.15, 0.2) is 0 Å². The topological polar surface area (TPSA) is 47.3 Å². The van der Waals surface area contributed by atoms with E-state index in [1.54, 1.807) is 0 Å². The van der Waals surface area contributed by atoms with Crippen molar-refractivity contribution in [2.24, 2.45) is 5.41 Å². The van der Waals surface area contributed by atoms with E-state index in [1.165, 1.54) is 6.42 Å². The van der Waals surface area contributed by atoms with Crippen molar-refractivity contribution in [2.45, 2.75) is 58.9 Å². The summed E-state index contributed by atoms with van der Waals surface area (Å²) in [6.45, 7) is 12.4. The summed E-state index contributed by atoms with van der Waals surface area (Å²) in [5.74, 6) is -0.0891. The summed E-state index contributed by atoms with van der Waals surface area (Å²) in [5.41, 5.74) is 0.357. The van der Waals surface area contributed by atoms with Gasteiger partial charge in [-0.25, -0.2) is 0 Å². The Balaban J connectivity index is 2.13. The number of nitriles is 1. The van der Waals surface area contributed by atoms with Gasteiger partial charge in [-0.3, -0.25) is 9.69 Å². The highest BCUT2D eigenvalue weighted by molar-refractivity contribution is 5.97. The predicted octanol–water partition coefficient (Wildman–Crippen LogP) is 2.96. The molecule has 2 heterocycles. The molecule has 0 saturated carbocycles. The molecular formula is C18H29N3O. The van der Waals surface area contributed by atoms with Crippen LogP contribution in [0.1, 0.15) is 53.4 Å². The van der Waals surface area contributed by atoms with Crippen LogP contribution in [0.4, 0.5) is 0 Å². The smallest absolute Gasteiger partial charge is 0.264 e. The van der Waals surface area contributed by atoms with Gasteiger partial charge in [0, 0.05) is 25.2 Å². The molecule has 1 amide bonds. The molecule has 0 spiro atoms. The van der Waals surface area contributed by atoms with Crippen LogP contribution in [0, 0.1) is 16.7 Å². The quantitative estimate of drug-likeness (QED) is 0.595. The minimum atomic E-state index is -0.260. The lowest BCUT2D eigenvalue weighted by molar-refractivity contribution is -0.127. The van der Waals surface area contributed by atoms with Gasteiger partial charge < -0.3 is 4.90 Å². The fourth-order valence-electron chi connectivity index (χ4n) is 3.46. The zero-order chi connectivity index (χ0) is 16.4. The van der Waals surface area contributed by atoms with Crippen LogP contribution in [0.3, 0.4) is 0 Å². The largest absolute Gasteiger partial charge is 0.338 e. The third-order valence-electron chi connectivity index (χ3n) is 4.98. The van der Waals surface area contributed by atoms with E-state index >= 15 is 0 Å². The maximum atomic E-state index is 12.6. The van der Waals surface area contributed by atoms with Crippen LogP contribution < -0.4 is 0 Å². The molecule has 0 radical (unpaired) electrons. The third kappa shape index (κ3) is 3.89. The summed E-state index contributed by atoms with van der Waals surface area (Å²) in [6, 6.07) is 2.14. The molecule has 2 aliphatic rings. The average molecular weight is 303 g/mol. The van der Waals surface area contributed by atoms with Crippen LogP contribution in [-0.2, 0) is 4.79 Å². The molecule has 2 saturated heterocycles. The number of likely N-dealkylation sites (tertiary alicyclic amines) is 2. The van der Waals surface area contributed by atoms with E-state index < -0.39 is 0 Å². The van der Waals surface area contributed by atoms with Crippen molar-refractivity contribution in [2.75, 3.05) is 26.2 Å². The Kier molecular flexibility index (Phi) is 4.97. The monoisotopic (exact) mass is 303 g/mol. The average Bonchev–Trinajstić information content (AvgIpc) is 2.86. The first-order valence-corrected chi connectivity index (χ1v) is 8.42. The van der Waals surface area contributed by atoms with E-state index in [2.05, 4.69) is 38.7 Å². The van der Waals surface area contributed by atoms with E-state index in [0.29, 0.717) is 11.0 Å². The molecule has 0 atom stereocenters. The van der Waals surface area contributed by atoms with Gasteiger partial charge in [-0.2, -0.15) is 5.26 Å². The van der Waals surface area contributed by atoms with Gasteiger partial charge in [0.05, 0.1) is 0 Å². The maximum absolute atomic E-state index is 12.6. The Labute approximate surface area is 134 Å². The van der Waals surface area contributed by atoms with Crippen molar-refractivity contribution < 1.29 is 4.79 Å². The molecule has 2 rings (SSSR count). The second kappa shape index (κ2) is 6.42. The van der Waals surface area contributed by atoms with Crippen LogP contribution in [0.25, 0.3) is 0 Å². The van der Waals surface area contributed by atoms with Crippen LogP contribution in [0.5, 0.6) is 0 Å². The van der Waals surface area contributed by atoms with Crippen molar-refractivity contribution in [1.29, 1.82) is 5.26 Å². The van der Waals surface area contributed by atoms with Crippen molar-refractivity contribution in [1.82, 2.24) is 9.80 Å². The third-order valence-corrected chi connectivity index (χ3v) is 4.98. The Bertz CT molecular complexity index is 493. The number of rotatable bonds is 3. The van der Waals surface area contributed by atoms with E-state index in [0.717, 1.165) is 45.4 Å². The molecule has 4 nitrogen and oxygen atoms in total. The summed E-state index contributed by atoms with van der Waals surface area (Å²) in [7, 11) is 0. The fourth-order valence-corrected chi connectivity index (χ4v) is 3.46. The summed E-state index contributed by atoms with van der Waals surface area (Å²) in [4.78, 5) is 16.8. The Hall–Kier alpha value is -1.34. The molecule has 0 aliphatic carbocycles. The molecule has 0 unspecified atom stereocenters. The number of amides is 1. The van der Waals surface area contributed by atoms with Crippen molar-refractivity contribution in [3.63, 3.8) is 0 Å². The number of carbonyl (C=O) groups excluding carboxylic acids is 1. The lowest BCUT2D eigenvalue weighted by Crippen LogP contribution is -2.43. The number of carbonyl (C=O) groups is 1. The second-order valence-corrected chi connectivity index (χ2v) is 8.01. The first kappa shape index (κ1) is 17.0. The summed E-state index contributed by atoms with van der Waals surface area (Å²) in [6.07, 6.45) is 6.32.